The van der Waals surface area contributed by atoms with Gasteiger partial charge < -0.3 is 20.9 Å². The van der Waals surface area contributed by atoms with E-state index in [9.17, 15) is 9.90 Å². The minimum absolute atomic E-state index is 0.0830. The molecule has 0 aliphatic heterocycles. The minimum Gasteiger partial charge on any atom is -0.444 e. The number of hydrogen-bond acceptors (Lipinski definition) is 4. The smallest absolute Gasteiger partial charge is 0.408 e. The zero-order chi connectivity index (χ0) is 17.7. The normalized spacial score (nSPS) is 22.7. The first kappa shape index (κ1) is 17.5. The van der Waals surface area contributed by atoms with Crippen molar-refractivity contribution in [1.29, 1.82) is 0 Å². The van der Waals surface area contributed by atoms with Gasteiger partial charge in [-0.05, 0) is 57.6 Å². The molecule has 0 spiro atoms. The Balaban J connectivity index is 1.78. The topological polar surface area (TPSA) is 84.6 Å². The van der Waals surface area contributed by atoms with Gasteiger partial charge in [-0.2, -0.15) is 0 Å². The lowest BCUT2D eigenvalue weighted by molar-refractivity contribution is 0.0393. The van der Waals surface area contributed by atoms with Crippen LogP contribution in [0.1, 0.15) is 56.4 Å². The van der Waals surface area contributed by atoms with Gasteiger partial charge in [0, 0.05) is 16.6 Å². The van der Waals surface area contributed by atoms with Gasteiger partial charge in [-0.25, -0.2) is 4.79 Å². The van der Waals surface area contributed by atoms with E-state index in [-0.39, 0.29) is 6.04 Å². The van der Waals surface area contributed by atoms with E-state index in [0.29, 0.717) is 23.4 Å². The Morgan fingerprint density at radius 3 is 2.67 bits per heavy atom. The van der Waals surface area contributed by atoms with E-state index >= 15 is 0 Å². The van der Waals surface area contributed by atoms with Crippen molar-refractivity contribution in [3.05, 3.63) is 33.8 Å². The summed E-state index contributed by atoms with van der Waals surface area (Å²) in [7, 11) is 0. The average molecular weight is 353 g/mol. The van der Waals surface area contributed by atoms with Crippen molar-refractivity contribution in [2.75, 3.05) is 0 Å². The Morgan fingerprint density at radius 1 is 1.42 bits per heavy atom. The van der Waals surface area contributed by atoms with Gasteiger partial charge in [0.2, 0.25) is 0 Å². The Morgan fingerprint density at radius 2 is 2.08 bits per heavy atom. The van der Waals surface area contributed by atoms with Crippen molar-refractivity contribution in [1.82, 2.24) is 5.32 Å². The number of halogens is 1. The number of nitrogens with two attached hydrogens (primary N) is 1. The minimum atomic E-state index is -0.861. The van der Waals surface area contributed by atoms with Crippen LogP contribution in [0.5, 0.6) is 0 Å². The second kappa shape index (κ2) is 5.90. The summed E-state index contributed by atoms with van der Waals surface area (Å²) in [5.74, 6) is 0. The quantitative estimate of drug-likeness (QED) is 0.781. The number of ether oxygens (including phenoxy) is 1. The lowest BCUT2D eigenvalue weighted by atomic mass is 9.96. The lowest BCUT2D eigenvalue weighted by Crippen LogP contribution is -2.44. The molecule has 0 bridgehead atoms. The first-order chi connectivity index (χ1) is 11.1. The summed E-state index contributed by atoms with van der Waals surface area (Å²) in [6, 6.07) is 3.91. The van der Waals surface area contributed by atoms with E-state index in [2.05, 4.69) is 5.32 Å². The number of rotatable bonds is 3. The molecule has 0 heterocycles. The number of hydrogen-bond donors (Lipinski definition) is 3. The summed E-state index contributed by atoms with van der Waals surface area (Å²) < 4.78 is 5.31. The zero-order valence-electron chi connectivity index (χ0n) is 14.4. The molecule has 1 amide bonds. The molecule has 1 saturated carbocycles. The zero-order valence-corrected chi connectivity index (χ0v) is 15.1. The summed E-state index contributed by atoms with van der Waals surface area (Å²) in [5.41, 5.74) is 7.56. The molecule has 0 saturated heterocycles. The SMILES string of the molecule is CC(C)(C)OC(=O)NC1(C(O)c2ccc3c(c2Cl)CC(N)C3)CC1. The Hall–Kier alpha value is -1.30. The van der Waals surface area contributed by atoms with E-state index in [4.69, 9.17) is 22.1 Å². The molecular formula is C18H25ClN2O3. The van der Waals surface area contributed by atoms with Gasteiger partial charge in [-0.15, -0.1) is 0 Å². The van der Waals surface area contributed by atoms with Crippen LogP contribution in [0.4, 0.5) is 4.79 Å². The standard InChI is InChI=1S/C18H25ClN2O3/c1-17(2,3)24-16(23)21-18(6-7-18)15(22)12-5-4-10-8-11(20)9-13(10)14(12)19/h4-5,11,15,22H,6-9,20H2,1-3H3,(H,21,23). The number of fused-ring (bicyclic) bond motifs is 1. The molecule has 2 aliphatic rings. The fourth-order valence-electron chi connectivity index (χ4n) is 3.33. The van der Waals surface area contributed by atoms with Crippen molar-refractivity contribution < 1.29 is 14.6 Å². The van der Waals surface area contributed by atoms with E-state index in [1.807, 2.05) is 32.9 Å². The Kier molecular flexibility index (Phi) is 4.31. The summed E-state index contributed by atoms with van der Waals surface area (Å²) in [6.07, 6.45) is 1.55. The lowest BCUT2D eigenvalue weighted by Gasteiger charge is -2.27. The molecule has 1 aromatic carbocycles. The molecule has 4 N–H and O–H groups in total. The van der Waals surface area contributed by atoms with Crippen LogP contribution < -0.4 is 11.1 Å². The molecule has 5 nitrogen and oxygen atoms in total. The predicted molar refractivity (Wildman–Crippen MR) is 93.1 cm³/mol. The molecule has 24 heavy (non-hydrogen) atoms. The maximum Gasteiger partial charge on any atom is 0.408 e. The van der Waals surface area contributed by atoms with Crippen LogP contribution in [0.2, 0.25) is 5.02 Å². The first-order valence-electron chi connectivity index (χ1n) is 8.36. The van der Waals surface area contributed by atoms with Gasteiger partial charge in [-0.1, -0.05) is 23.7 Å². The Labute approximate surface area is 147 Å². The third kappa shape index (κ3) is 3.39. The van der Waals surface area contributed by atoms with Gasteiger partial charge >= 0.3 is 6.09 Å². The number of aliphatic hydroxyl groups is 1. The van der Waals surface area contributed by atoms with Crippen LogP contribution in [0.3, 0.4) is 0 Å². The van der Waals surface area contributed by atoms with E-state index in [1.54, 1.807) is 0 Å². The number of nitrogens with one attached hydrogen (secondary N) is 1. The highest BCUT2D eigenvalue weighted by molar-refractivity contribution is 6.32. The highest BCUT2D eigenvalue weighted by Crippen LogP contribution is 2.48. The molecule has 132 valence electrons. The number of alkyl carbamates (subject to hydrolysis) is 1. The third-order valence-corrected chi connectivity index (χ3v) is 5.12. The van der Waals surface area contributed by atoms with Gasteiger partial charge in [0.25, 0.3) is 0 Å². The molecule has 0 radical (unpaired) electrons. The third-order valence-electron chi connectivity index (χ3n) is 4.68. The van der Waals surface area contributed by atoms with Crippen molar-refractivity contribution in [2.45, 2.75) is 69.7 Å². The van der Waals surface area contributed by atoms with Gasteiger partial charge in [-0.3, -0.25) is 0 Å². The average Bonchev–Trinajstić information content (AvgIpc) is 3.10. The van der Waals surface area contributed by atoms with Crippen LogP contribution in [-0.4, -0.2) is 28.4 Å². The van der Waals surface area contributed by atoms with Gasteiger partial charge in [0.15, 0.2) is 0 Å². The highest BCUT2D eigenvalue weighted by Gasteiger charge is 2.52. The number of carbonyl (C=O) groups excluding carboxylic acids is 1. The van der Waals surface area contributed by atoms with Crippen molar-refractivity contribution >= 4 is 17.7 Å². The van der Waals surface area contributed by atoms with Crippen molar-refractivity contribution in [2.24, 2.45) is 5.73 Å². The van der Waals surface area contributed by atoms with Crippen LogP contribution in [0.15, 0.2) is 12.1 Å². The van der Waals surface area contributed by atoms with Crippen molar-refractivity contribution in [3.63, 3.8) is 0 Å². The monoisotopic (exact) mass is 352 g/mol. The maximum absolute atomic E-state index is 12.1. The van der Waals surface area contributed by atoms with E-state index in [0.717, 1.165) is 24.0 Å². The molecule has 6 heteroatoms. The highest BCUT2D eigenvalue weighted by atomic mass is 35.5. The molecule has 2 unspecified atom stereocenters. The fraction of sp³-hybridized carbons (Fsp3) is 0.611. The molecular weight excluding hydrogens is 328 g/mol. The van der Waals surface area contributed by atoms with E-state index in [1.165, 1.54) is 0 Å². The van der Waals surface area contributed by atoms with E-state index < -0.39 is 23.3 Å². The van der Waals surface area contributed by atoms with Gasteiger partial charge in [0.1, 0.15) is 11.7 Å². The largest absolute Gasteiger partial charge is 0.444 e. The van der Waals surface area contributed by atoms with Gasteiger partial charge in [0.05, 0.1) is 5.54 Å². The number of carbonyl (C=O) groups is 1. The van der Waals surface area contributed by atoms with Crippen LogP contribution in [-0.2, 0) is 17.6 Å². The maximum atomic E-state index is 12.1. The summed E-state index contributed by atoms with van der Waals surface area (Å²) in [4.78, 5) is 12.1. The number of amides is 1. The second-order valence-electron chi connectivity index (χ2n) is 7.96. The van der Waals surface area contributed by atoms with Crippen LogP contribution in [0, 0.1) is 0 Å². The van der Waals surface area contributed by atoms with Crippen LogP contribution >= 0.6 is 11.6 Å². The number of benzene rings is 1. The molecule has 2 aliphatic carbocycles. The molecule has 2 atom stereocenters. The Bertz CT molecular complexity index is 665. The van der Waals surface area contributed by atoms with Crippen molar-refractivity contribution in [3.8, 4) is 0 Å². The summed E-state index contributed by atoms with van der Waals surface area (Å²) in [5, 5.41) is 14.3. The summed E-state index contributed by atoms with van der Waals surface area (Å²) in [6.45, 7) is 5.43. The molecule has 3 rings (SSSR count). The number of aliphatic hydroxyl groups excluding tert-OH is 1. The summed E-state index contributed by atoms with van der Waals surface area (Å²) >= 11 is 6.53. The second-order valence-corrected chi connectivity index (χ2v) is 8.34. The molecule has 1 aromatic rings. The predicted octanol–water partition coefficient (Wildman–Crippen LogP) is 2.86. The first-order valence-corrected chi connectivity index (χ1v) is 8.74. The van der Waals surface area contributed by atoms with Crippen LogP contribution in [0.25, 0.3) is 0 Å². The molecule has 0 aromatic heterocycles. The fourth-order valence-corrected chi connectivity index (χ4v) is 3.69. The molecule has 1 fully saturated rings.